The maximum atomic E-state index is 5.79. The summed E-state index contributed by atoms with van der Waals surface area (Å²) in [5.41, 5.74) is 8.77. The second kappa shape index (κ2) is 7.78. The summed E-state index contributed by atoms with van der Waals surface area (Å²) in [6.07, 6.45) is 3.74. The van der Waals surface area contributed by atoms with E-state index in [2.05, 4.69) is 36.1 Å². The topological polar surface area (TPSA) is 29.3 Å². The molecule has 1 aromatic rings. The third-order valence-electron chi connectivity index (χ3n) is 3.83. The fourth-order valence-corrected chi connectivity index (χ4v) is 2.78. The van der Waals surface area contributed by atoms with Gasteiger partial charge in [-0.15, -0.1) is 12.4 Å². The van der Waals surface area contributed by atoms with Gasteiger partial charge in [0, 0.05) is 13.1 Å². The Labute approximate surface area is 117 Å². The fourth-order valence-electron chi connectivity index (χ4n) is 2.78. The standard InChI is InChI=1S/C15H24N2.ClH/c1-2-14-7-3-4-8-15(14)12-17-9-5-6-13(10-16)11-17;/h3-4,7-8,13H,2,5-6,9-12,16H2,1H3;1H. The highest BCUT2D eigenvalue weighted by Crippen LogP contribution is 2.19. The molecule has 0 spiro atoms. The van der Waals surface area contributed by atoms with E-state index in [0.29, 0.717) is 5.92 Å². The van der Waals surface area contributed by atoms with Gasteiger partial charge in [0.05, 0.1) is 0 Å². The van der Waals surface area contributed by atoms with Crippen molar-refractivity contribution < 1.29 is 0 Å². The van der Waals surface area contributed by atoms with E-state index >= 15 is 0 Å². The van der Waals surface area contributed by atoms with Crippen LogP contribution in [0.4, 0.5) is 0 Å². The molecule has 1 unspecified atom stereocenters. The van der Waals surface area contributed by atoms with Gasteiger partial charge in [0.1, 0.15) is 0 Å². The summed E-state index contributed by atoms with van der Waals surface area (Å²) in [6, 6.07) is 8.81. The highest BCUT2D eigenvalue weighted by molar-refractivity contribution is 5.85. The monoisotopic (exact) mass is 268 g/mol. The SMILES string of the molecule is CCc1ccccc1CN1CCCC(CN)C1.Cl. The molecule has 1 aliphatic heterocycles. The maximum Gasteiger partial charge on any atom is 0.0236 e. The number of benzene rings is 1. The van der Waals surface area contributed by atoms with Gasteiger partial charge in [-0.1, -0.05) is 31.2 Å². The van der Waals surface area contributed by atoms with Crippen LogP contribution < -0.4 is 5.73 Å². The quantitative estimate of drug-likeness (QED) is 0.910. The van der Waals surface area contributed by atoms with E-state index in [1.807, 2.05) is 0 Å². The smallest absolute Gasteiger partial charge is 0.0236 e. The Morgan fingerprint density at radius 1 is 1.28 bits per heavy atom. The number of likely N-dealkylation sites (tertiary alicyclic amines) is 1. The van der Waals surface area contributed by atoms with E-state index in [1.165, 1.54) is 37.1 Å². The van der Waals surface area contributed by atoms with Crippen molar-refractivity contribution in [2.24, 2.45) is 11.7 Å². The Hall–Kier alpha value is -0.570. The first-order valence-electron chi connectivity index (χ1n) is 6.82. The van der Waals surface area contributed by atoms with Crippen LogP contribution in [0.25, 0.3) is 0 Å². The van der Waals surface area contributed by atoms with Crippen LogP contribution in [-0.2, 0) is 13.0 Å². The lowest BCUT2D eigenvalue weighted by molar-refractivity contribution is 0.170. The summed E-state index contributed by atoms with van der Waals surface area (Å²) in [4.78, 5) is 2.56. The molecule has 1 saturated heterocycles. The molecule has 2 nitrogen and oxygen atoms in total. The van der Waals surface area contributed by atoms with Gasteiger partial charge in [0.2, 0.25) is 0 Å². The molecule has 3 heteroatoms. The summed E-state index contributed by atoms with van der Waals surface area (Å²) in [7, 11) is 0. The third kappa shape index (κ3) is 3.98. The molecule has 2 N–H and O–H groups in total. The number of piperidine rings is 1. The minimum absolute atomic E-state index is 0. The molecule has 1 heterocycles. The van der Waals surface area contributed by atoms with Crippen LogP contribution in [-0.4, -0.2) is 24.5 Å². The van der Waals surface area contributed by atoms with Crippen LogP contribution in [0, 0.1) is 5.92 Å². The molecule has 0 bridgehead atoms. The van der Waals surface area contributed by atoms with Crippen LogP contribution in [0.3, 0.4) is 0 Å². The van der Waals surface area contributed by atoms with Gasteiger partial charge in [-0.2, -0.15) is 0 Å². The first kappa shape index (κ1) is 15.5. The molecule has 1 fully saturated rings. The highest BCUT2D eigenvalue weighted by atomic mass is 35.5. The molecular formula is C15H25ClN2. The average molecular weight is 269 g/mol. The van der Waals surface area contributed by atoms with E-state index in [-0.39, 0.29) is 12.4 Å². The second-order valence-corrected chi connectivity index (χ2v) is 5.10. The number of nitrogens with zero attached hydrogens (tertiary/aromatic N) is 1. The average Bonchev–Trinajstić information content (AvgIpc) is 2.39. The zero-order chi connectivity index (χ0) is 12.1. The van der Waals surface area contributed by atoms with E-state index in [0.717, 1.165) is 19.5 Å². The van der Waals surface area contributed by atoms with Crippen molar-refractivity contribution in [1.82, 2.24) is 4.90 Å². The minimum Gasteiger partial charge on any atom is -0.330 e. The molecular weight excluding hydrogens is 244 g/mol. The van der Waals surface area contributed by atoms with E-state index in [1.54, 1.807) is 0 Å². The van der Waals surface area contributed by atoms with E-state index in [4.69, 9.17) is 5.73 Å². The molecule has 18 heavy (non-hydrogen) atoms. The van der Waals surface area contributed by atoms with Gasteiger partial charge in [-0.3, -0.25) is 4.90 Å². The predicted molar refractivity (Wildman–Crippen MR) is 80.1 cm³/mol. The van der Waals surface area contributed by atoms with Crippen molar-refractivity contribution in [1.29, 1.82) is 0 Å². The Morgan fingerprint density at radius 3 is 2.67 bits per heavy atom. The third-order valence-corrected chi connectivity index (χ3v) is 3.83. The number of halogens is 1. The van der Waals surface area contributed by atoms with E-state index in [9.17, 15) is 0 Å². The number of hydrogen-bond donors (Lipinski definition) is 1. The molecule has 0 radical (unpaired) electrons. The Balaban J connectivity index is 0.00000162. The van der Waals surface area contributed by atoms with Crippen LogP contribution in [0.15, 0.2) is 24.3 Å². The second-order valence-electron chi connectivity index (χ2n) is 5.10. The summed E-state index contributed by atoms with van der Waals surface area (Å²) < 4.78 is 0. The van der Waals surface area contributed by atoms with Crippen molar-refractivity contribution in [2.45, 2.75) is 32.7 Å². The lowest BCUT2D eigenvalue weighted by Crippen LogP contribution is -2.38. The zero-order valence-corrected chi connectivity index (χ0v) is 12.1. The Morgan fingerprint density at radius 2 is 2.00 bits per heavy atom. The van der Waals surface area contributed by atoms with Crippen molar-refractivity contribution in [3.63, 3.8) is 0 Å². The van der Waals surface area contributed by atoms with Crippen molar-refractivity contribution in [3.05, 3.63) is 35.4 Å². The van der Waals surface area contributed by atoms with Crippen LogP contribution in [0.1, 0.15) is 30.9 Å². The maximum absolute atomic E-state index is 5.79. The number of rotatable bonds is 4. The molecule has 0 saturated carbocycles. The van der Waals surface area contributed by atoms with Gasteiger partial charge < -0.3 is 5.73 Å². The van der Waals surface area contributed by atoms with Crippen LogP contribution in [0.2, 0.25) is 0 Å². The summed E-state index contributed by atoms with van der Waals surface area (Å²) in [5.74, 6) is 0.706. The van der Waals surface area contributed by atoms with Crippen molar-refractivity contribution in [2.75, 3.05) is 19.6 Å². The lowest BCUT2D eigenvalue weighted by atomic mass is 9.97. The minimum atomic E-state index is 0. The molecule has 102 valence electrons. The fraction of sp³-hybridized carbons (Fsp3) is 0.600. The first-order valence-corrected chi connectivity index (χ1v) is 6.82. The molecule has 1 aliphatic rings. The lowest BCUT2D eigenvalue weighted by Gasteiger charge is -2.32. The molecule has 0 amide bonds. The number of hydrogen-bond acceptors (Lipinski definition) is 2. The predicted octanol–water partition coefficient (Wildman–Crippen LogP) is 2.84. The van der Waals surface area contributed by atoms with E-state index < -0.39 is 0 Å². The normalized spacial score (nSPS) is 20.4. The Bertz CT molecular complexity index is 354. The van der Waals surface area contributed by atoms with Gasteiger partial charge in [-0.05, 0) is 49.4 Å². The first-order chi connectivity index (χ1) is 8.33. The zero-order valence-electron chi connectivity index (χ0n) is 11.3. The van der Waals surface area contributed by atoms with Gasteiger partial charge in [-0.25, -0.2) is 0 Å². The van der Waals surface area contributed by atoms with Crippen molar-refractivity contribution in [3.8, 4) is 0 Å². The van der Waals surface area contributed by atoms with Gasteiger partial charge >= 0.3 is 0 Å². The van der Waals surface area contributed by atoms with Gasteiger partial charge in [0.25, 0.3) is 0 Å². The van der Waals surface area contributed by atoms with Crippen LogP contribution in [0.5, 0.6) is 0 Å². The number of nitrogens with two attached hydrogens (primary N) is 1. The highest BCUT2D eigenvalue weighted by Gasteiger charge is 2.19. The van der Waals surface area contributed by atoms with Crippen LogP contribution >= 0.6 is 12.4 Å². The summed E-state index contributed by atoms with van der Waals surface area (Å²) >= 11 is 0. The molecule has 1 aromatic carbocycles. The van der Waals surface area contributed by atoms with Gasteiger partial charge in [0.15, 0.2) is 0 Å². The molecule has 1 atom stereocenters. The largest absolute Gasteiger partial charge is 0.330 e. The molecule has 2 rings (SSSR count). The summed E-state index contributed by atoms with van der Waals surface area (Å²) in [6.45, 7) is 6.58. The molecule has 0 aliphatic carbocycles. The summed E-state index contributed by atoms with van der Waals surface area (Å²) in [5, 5.41) is 0. The number of aryl methyl sites for hydroxylation is 1. The molecule has 0 aromatic heterocycles. The Kier molecular flexibility index (Phi) is 6.69. The van der Waals surface area contributed by atoms with Crippen molar-refractivity contribution >= 4 is 12.4 Å².